The molecule has 2 aromatic carbocycles. The number of rotatable bonds is 6. The van der Waals surface area contributed by atoms with Gasteiger partial charge >= 0.3 is 0 Å². The van der Waals surface area contributed by atoms with Crippen LogP contribution in [0.1, 0.15) is 24.0 Å². The highest BCUT2D eigenvalue weighted by molar-refractivity contribution is 5.87. The molecule has 0 aliphatic carbocycles. The van der Waals surface area contributed by atoms with Gasteiger partial charge in [-0.2, -0.15) is 0 Å². The van der Waals surface area contributed by atoms with E-state index in [0.717, 1.165) is 47.6 Å². The van der Waals surface area contributed by atoms with Crippen LogP contribution in [0.5, 0.6) is 5.75 Å². The lowest BCUT2D eigenvalue weighted by atomic mass is 9.97. The first-order valence-corrected chi connectivity index (χ1v) is 11.5. The van der Waals surface area contributed by atoms with E-state index in [1.807, 2.05) is 47.3 Å². The number of nitrogens with zero attached hydrogens (tertiary/aromatic N) is 5. The Kier molecular flexibility index (Phi) is 6.12. The largest absolute Gasteiger partial charge is 0.497 e. The molecule has 0 bridgehead atoms. The standard InChI is InChI=1S/C26H28N6O2/c1-18-5-9-21(10-6-18)32-16-23-24(30-32)28-17-29-25(23)31-13-3-4-20(15-31)26(33)27-14-19-7-11-22(34-2)12-8-19/h5-12,16-17,20H,3-4,13-15H2,1-2H3,(H,27,33)/t20-/m0/s1. The number of amides is 1. The molecule has 1 aliphatic heterocycles. The summed E-state index contributed by atoms with van der Waals surface area (Å²) in [7, 11) is 1.64. The van der Waals surface area contributed by atoms with Crippen molar-refractivity contribution in [1.82, 2.24) is 25.1 Å². The number of aryl methyl sites for hydroxylation is 1. The molecule has 8 heteroatoms. The van der Waals surface area contributed by atoms with Crippen LogP contribution >= 0.6 is 0 Å². The van der Waals surface area contributed by atoms with Crippen LogP contribution in [0.25, 0.3) is 16.7 Å². The van der Waals surface area contributed by atoms with Crippen molar-refractivity contribution in [3.8, 4) is 11.4 Å². The van der Waals surface area contributed by atoms with Gasteiger partial charge in [0, 0.05) is 25.8 Å². The second-order valence-corrected chi connectivity index (χ2v) is 8.69. The molecule has 1 aliphatic rings. The van der Waals surface area contributed by atoms with Gasteiger partial charge in [0.2, 0.25) is 5.91 Å². The molecule has 3 heterocycles. The van der Waals surface area contributed by atoms with Gasteiger partial charge in [-0.05, 0) is 49.6 Å². The third-order valence-corrected chi connectivity index (χ3v) is 6.31. The zero-order valence-electron chi connectivity index (χ0n) is 19.4. The average molecular weight is 457 g/mol. The maximum absolute atomic E-state index is 12.9. The van der Waals surface area contributed by atoms with Crippen LogP contribution in [0.4, 0.5) is 5.82 Å². The summed E-state index contributed by atoms with van der Waals surface area (Å²) in [5.41, 5.74) is 3.87. The predicted octanol–water partition coefficient (Wildman–Crippen LogP) is 3.67. The van der Waals surface area contributed by atoms with Gasteiger partial charge in [0.05, 0.1) is 24.1 Å². The number of methoxy groups -OCH3 is 1. The van der Waals surface area contributed by atoms with E-state index in [1.54, 1.807) is 13.4 Å². The molecule has 1 amide bonds. The van der Waals surface area contributed by atoms with Crippen molar-refractivity contribution in [1.29, 1.82) is 0 Å². The van der Waals surface area contributed by atoms with E-state index in [0.29, 0.717) is 18.7 Å². The van der Waals surface area contributed by atoms with Crippen LogP contribution in [0.2, 0.25) is 0 Å². The number of carbonyl (C=O) groups excluding carboxylic acids is 1. The molecule has 8 nitrogen and oxygen atoms in total. The van der Waals surface area contributed by atoms with Crippen molar-refractivity contribution in [2.75, 3.05) is 25.1 Å². The van der Waals surface area contributed by atoms with Crippen molar-refractivity contribution in [3.63, 3.8) is 0 Å². The van der Waals surface area contributed by atoms with Gasteiger partial charge in [-0.15, -0.1) is 5.10 Å². The summed E-state index contributed by atoms with van der Waals surface area (Å²) in [6, 6.07) is 16.0. The molecule has 0 unspecified atom stereocenters. The van der Waals surface area contributed by atoms with E-state index in [1.165, 1.54) is 5.56 Å². The topological polar surface area (TPSA) is 85.2 Å². The highest BCUT2D eigenvalue weighted by Gasteiger charge is 2.28. The lowest BCUT2D eigenvalue weighted by molar-refractivity contribution is -0.125. The SMILES string of the molecule is COc1ccc(CNC(=O)[C@H]2CCCN(c3ncnc4nn(-c5ccc(C)cc5)cc34)C2)cc1. The van der Waals surface area contributed by atoms with Crippen LogP contribution < -0.4 is 15.0 Å². The Morgan fingerprint density at radius 1 is 1.12 bits per heavy atom. The first-order chi connectivity index (χ1) is 16.6. The highest BCUT2D eigenvalue weighted by Crippen LogP contribution is 2.28. The first-order valence-electron chi connectivity index (χ1n) is 11.5. The third-order valence-electron chi connectivity index (χ3n) is 6.31. The lowest BCUT2D eigenvalue weighted by Gasteiger charge is -2.33. The Balaban J connectivity index is 1.30. The van der Waals surface area contributed by atoms with Crippen molar-refractivity contribution in [2.45, 2.75) is 26.3 Å². The molecule has 5 rings (SSSR count). The Morgan fingerprint density at radius 3 is 2.68 bits per heavy atom. The number of piperidine rings is 1. The summed E-state index contributed by atoms with van der Waals surface area (Å²) in [4.78, 5) is 24.1. The monoisotopic (exact) mass is 456 g/mol. The van der Waals surface area contributed by atoms with Gasteiger partial charge in [-0.3, -0.25) is 4.79 Å². The number of hydrogen-bond donors (Lipinski definition) is 1. The molecule has 174 valence electrons. The quantitative estimate of drug-likeness (QED) is 0.477. The smallest absolute Gasteiger partial charge is 0.225 e. The van der Waals surface area contributed by atoms with Gasteiger partial charge in [0.25, 0.3) is 0 Å². The summed E-state index contributed by atoms with van der Waals surface area (Å²) < 4.78 is 7.03. The van der Waals surface area contributed by atoms with E-state index in [-0.39, 0.29) is 11.8 Å². The van der Waals surface area contributed by atoms with Crippen LogP contribution in [0.15, 0.2) is 61.1 Å². The van der Waals surface area contributed by atoms with Crippen LogP contribution in [-0.4, -0.2) is 45.9 Å². The maximum Gasteiger partial charge on any atom is 0.225 e. The fraction of sp³-hybridized carbons (Fsp3) is 0.308. The zero-order valence-corrected chi connectivity index (χ0v) is 19.4. The number of carbonyl (C=O) groups is 1. The summed E-state index contributed by atoms with van der Waals surface area (Å²) >= 11 is 0. The normalized spacial score (nSPS) is 15.9. The summed E-state index contributed by atoms with van der Waals surface area (Å²) in [5.74, 6) is 1.61. The molecular weight excluding hydrogens is 428 g/mol. The van der Waals surface area contributed by atoms with Crippen molar-refractivity contribution >= 4 is 22.8 Å². The number of hydrogen-bond acceptors (Lipinski definition) is 6. The molecule has 1 N–H and O–H groups in total. The Labute approximate surface area is 198 Å². The van der Waals surface area contributed by atoms with Crippen molar-refractivity contribution in [3.05, 3.63) is 72.2 Å². The van der Waals surface area contributed by atoms with Crippen LogP contribution in [0, 0.1) is 12.8 Å². The van der Waals surface area contributed by atoms with Crippen LogP contribution in [-0.2, 0) is 11.3 Å². The third kappa shape index (κ3) is 4.57. The Bertz CT molecular complexity index is 1280. The van der Waals surface area contributed by atoms with E-state index < -0.39 is 0 Å². The number of benzene rings is 2. The molecule has 34 heavy (non-hydrogen) atoms. The molecule has 0 radical (unpaired) electrons. The Morgan fingerprint density at radius 2 is 1.91 bits per heavy atom. The number of aromatic nitrogens is 4. The molecule has 2 aromatic heterocycles. The fourth-order valence-electron chi connectivity index (χ4n) is 4.37. The van der Waals surface area contributed by atoms with Gasteiger partial charge in [0.15, 0.2) is 5.65 Å². The summed E-state index contributed by atoms with van der Waals surface area (Å²) in [5, 5.41) is 8.63. The van der Waals surface area contributed by atoms with Gasteiger partial charge in [-0.25, -0.2) is 14.6 Å². The molecule has 1 atom stereocenters. The van der Waals surface area contributed by atoms with E-state index in [2.05, 4.69) is 44.3 Å². The predicted molar refractivity (Wildman–Crippen MR) is 131 cm³/mol. The van der Waals surface area contributed by atoms with Crippen molar-refractivity contribution in [2.24, 2.45) is 5.92 Å². The first kappa shape index (κ1) is 21.9. The van der Waals surface area contributed by atoms with Gasteiger partial charge < -0.3 is 15.0 Å². The highest BCUT2D eigenvalue weighted by atomic mass is 16.5. The molecular formula is C26H28N6O2. The summed E-state index contributed by atoms with van der Waals surface area (Å²) in [6.45, 7) is 4.04. The second kappa shape index (κ2) is 9.51. The van der Waals surface area contributed by atoms with Crippen LogP contribution in [0.3, 0.4) is 0 Å². The zero-order chi connectivity index (χ0) is 23.5. The van der Waals surface area contributed by atoms with E-state index in [4.69, 9.17) is 4.74 Å². The minimum Gasteiger partial charge on any atom is -0.497 e. The number of fused-ring (bicyclic) bond motifs is 1. The molecule has 0 spiro atoms. The maximum atomic E-state index is 12.9. The number of ether oxygens (including phenoxy) is 1. The number of anilines is 1. The Hall–Kier alpha value is -3.94. The summed E-state index contributed by atoms with van der Waals surface area (Å²) in [6.07, 6.45) is 5.32. The molecule has 0 saturated carbocycles. The van der Waals surface area contributed by atoms with Gasteiger partial charge in [-0.1, -0.05) is 29.8 Å². The molecule has 1 saturated heterocycles. The molecule has 4 aromatic rings. The van der Waals surface area contributed by atoms with Gasteiger partial charge in [0.1, 0.15) is 17.9 Å². The fourth-order valence-corrected chi connectivity index (χ4v) is 4.37. The second-order valence-electron chi connectivity index (χ2n) is 8.69. The average Bonchev–Trinajstić information content (AvgIpc) is 3.32. The van der Waals surface area contributed by atoms with Crippen molar-refractivity contribution < 1.29 is 9.53 Å². The molecule has 1 fully saturated rings. The van der Waals surface area contributed by atoms with E-state index in [9.17, 15) is 4.79 Å². The lowest BCUT2D eigenvalue weighted by Crippen LogP contribution is -2.43. The minimum absolute atomic E-state index is 0.0705. The minimum atomic E-state index is -0.0934. The van der Waals surface area contributed by atoms with E-state index >= 15 is 0 Å². The number of nitrogens with one attached hydrogen (secondary N) is 1.